The van der Waals surface area contributed by atoms with Gasteiger partial charge in [-0.15, -0.1) is 11.3 Å². The number of aliphatic hydroxyl groups is 1. The third-order valence-corrected chi connectivity index (χ3v) is 6.20. The second-order valence-electron chi connectivity index (χ2n) is 7.18. The van der Waals surface area contributed by atoms with Crippen LogP contribution in [0.2, 0.25) is 0 Å². The monoisotopic (exact) mass is 464 g/mol. The summed E-state index contributed by atoms with van der Waals surface area (Å²) in [7, 11) is 0. The predicted molar refractivity (Wildman–Crippen MR) is 111 cm³/mol. The Morgan fingerprint density at radius 3 is 2.59 bits per heavy atom. The predicted octanol–water partition coefficient (Wildman–Crippen LogP) is 5.33. The van der Waals surface area contributed by atoms with Crippen LogP contribution >= 0.6 is 11.3 Å². The van der Waals surface area contributed by atoms with Gasteiger partial charge in [-0.1, -0.05) is 18.2 Å². The first-order valence-corrected chi connectivity index (χ1v) is 10.2. The molecule has 0 spiro atoms. The van der Waals surface area contributed by atoms with E-state index in [2.05, 4.69) is 5.10 Å². The molecule has 2 aromatic carbocycles. The number of hydrogen-bond donors (Lipinski definition) is 2. The molecule has 0 saturated heterocycles. The molecule has 2 N–H and O–H groups in total. The van der Waals surface area contributed by atoms with Crippen molar-refractivity contribution in [2.75, 3.05) is 0 Å². The number of aromatic carboxylic acids is 1. The van der Waals surface area contributed by atoms with Crippen molar-refractivity contribution in [1.82, 2.24) is 9.78 Å². The van der Waals surface area contributed by atoms with Crippen molar-refractivity contribution in [1.29, 1.82) is 0 Å². The lowest BCUT2D eigenvalue weighted by molar-refractivity contribution is -0.137. The van der Waals surface area contributed by atoms with Gasteiger partial charge in [0.2, 0.25) is 0 Å². The van der Waals surface area contributed by atoms with Crippen molar-refractivity contribution in [3.8, 4) is 5.69 Å². The van der Waals surface area contributed by atoms with E-state index in [1.807, 2.05) is 0 Å². The number of aromatic nitrogens is 2. The van der Waals surface area contributed by atoms with Crippen molar-refractivity contribution in [2.45, 2.75) is 26.1 Å². The zero-order valence-corrected chi connectivity index (χ0v) is 17.4. The number of aliphatic hydroxyl groups excluding tert-OH is 1. The molecule has 0 bridgehead atoms. The Kier molecular flexibility index (Phi) is 5.51. The average Bonchev–Trinajstić information content (AvgIpc) is 3.29. The standard InChI is InChI=1S/C22H16F4N2O3S/c1-11-19(21(30)31)18(10-29)28(27-11)17-6-5-16(23)15-9-14(32-20(15)17)8-12-3-2-4-13(7-12)22(24,25)26/h2-7,9,29H,8,10H2,1H3,(H,30,31). The molecule has 0 aliphatic rings. The summed E-state index contributed by atoms with van der Waals surface area (Å²) < 4.78 is 55.3. The molecular formula is C22H16F4N2O3S. The van der Waals surface area contributed by atoms with Crippen LogP contribution in [0.15, 0.2) is 42.5 Å². The second-order valence-corrected chi connectivity index (χ2v) is 8.32. The maximum Gasteiger partial charge on any atom is 0.416 e. The highest BCUT2D eigenvalue weighted by Crippen LogP contribution is 2.36. The van der Waals surface area contributed by atoms with Gasteiger partial charge in [-0.2, -0.15) is 18.3 Å². The minimum Gasteiger partial charge on any atom is -0.478 e. The van der Waals surface area contributed by atoms with Crippen molar-refractivity contribution in [3.63, 3.8) is 0 Å². The number of halogens is 4. The number of fused-ring (bicyclic) bond motifs is 1. The molecule has 166 valence electrons. The number of carboxylic acids is 1. The first kappa shape index (κ1) is 22.0. The number of alkyl halides is 3. The molecule has 0 fully saturated rings. The fraction of sp³-hybridized carbons (Fsp3) is 0.182. The molecule has 0 aliphatic heterocycles. The SMILES string of the molecule is Cc1nn(-c2ccc(F)c3cc(Cc4cccc(C(F)(F)F)c4)sc23)c(CO)c1C(=O)O. The van der Waals surface area contributed by atoms with E-state index in [0.29, 0.717) is 20.8 Å². The van der Waals surface area contributed by atoms with Crippen LogP contribution in [0, 0.1) is 12.7 Å². The second kappa shape index (κ2) is 8.03. The van der Waals surface area contributed by atoms with E-state index in [-0.39, 0.29) is 28.8 Å². The third kappa shape index (κ3) is 3.87. The van der Waals surface area contributed by atoms with E-state index < -0.39 is 30.1 Å². The molecule has 0 radical (unpaired) electrons. The van der Waals surface area contributed by atoms with Gasteiger partial charge in [-0.3, -0.25) is 0 Å². The lowest BCUT2D eigenvalue weighted by atomic mass is 10.1. The lowest BCUT2D eigenvalue weighted by Crippen LogP contribution is -2.07. The van der Waals surface area contributed by atoms with Crippen LogP contribution in [0.3, 0.4) is 0 Å². The van der Waals surface area contributed by atoms with Crippen molar-refractivity contribution in [2.24, 2.45) is 0 Å². The van der Waals surface area contributed by atoms with Gasteiger partial charge in [0.1, 0.15) is 11.4 Å². The summed E-state index contributed by atoms with van der Waals surface area (Å²) in [6, 6.07) is 9.13. The van der Waals surface area contributed by atoms with Gasteiger partial charge in [0.05, 0.1) is 33.9 Å². The van der Waals surface area contributed by atoms with Gasteiger partial charge < -0.3 is 10.2 Å². The summed E-state index contributed by atoms with van der Waals surface area (Å²) in [6.07, 6.45) is -4.30. The molecule has 5 nitrogen and oxygen atoms in total. The first-order chi connectivity index (χ1) is 15.1. The number of thiophene rings is 1. The summed E-state index contributed by atoms with van der Waals surface area (Å²) >= 11 is 1.17. The summed E-state index contributed by atoms with van der Waals surface area (Å²) in [5.41, 5.74) is 0.152. The van der Waals surface area contributed by atoms with E-state index in [0.717, 1.165) is 12.1 Å². The van der Waals surface area contributed by atoms with Crippen molar-refractivity contribution >= 4 is 27.4 Å². The number of benzene rings is 2. The molecule has 10 heteroatoms. The Bertz CT molecular complexity index is 1340. The van der Waals surface area contributed by atoms with Crippen LogP contribution in [0.5, 0.6) is 0 Å². The molecule has 0 unspecified atom stereocenters. The molecule has 4 rings (SSSR count). The van der Waals surface area contributed by atoms with Gasteiger partial charge >= 0.3 is 12.1 Å². The maximum absolute atomic E-state index is 14.5. The highest BCUT2D eigenvalue weighted by molar-refractivity contribution is 7.19. The molecule has 0 amide bonds. The summed E-state index contributed by atoms with van der Waals surface area (Å²) in [4.78, 5) is 12.2. The third-order valence-electron chi connectivity index (χ3n) is 5.04. The smallest absolute Gasteiger partial charge is 0.416 e. The van der Waals surface area contributed by atoms with E-state index in [1.165, 1.54) is 41.1 Å². The van der Waals surface area contributed by atoms with Gasteiger partial charge in [-0.25, -0.2) is 13.9 Å². The minimum absolute atomic E-state index is 0.0516. The number of carboxylic acid groups (broad SMARTS) is 1. The molecular weight excluding hydrogens is 448 g/mol. The van der Waals surface area contributed by atoms with Gasteiger partial charge in [-0.05, 0) is 36.8 Å². The summed E-state index contributed by atoms with van der Waals surface area (Å²) in [6.45, 7) is 0.900. The van der Waals surface area contributed by atoms with Crippen molar-refractivity contribution < 1.29 is 32.6 Å². The van der Waals surface area contributed by atoms with E-state index in [9.17, 15) is 32.6 Å². The van der Waals surface area contributed by atoms with E-state index >= 15 is 0 Å². The number of carbonyl (C=O) groups is 1. The van der Waals surface area contributed by atoms with Crippen LogP contribution in [0.1, 0.15) is 37.7 Å². The zero-order valence-electron chi connectivity index (χ0n) is 16.6. The lowest BCUT2D eigenvalue weighted by Gasteiger charge is -2.08. The Hall–Kier alpha value is -3.24. The Morgan fingerprint density at radius 2 is 1.94 bits per heavy atom. The topological polar surface area (TPSA) is 75.3 Å². The van der Waals surface area contributed by atoms with Crippen LogP contribution < -0.4 is 0 Å². The summed E-state index contributed by atoms with van der Waals surface area (Å²) in [5.74, 6) is -1.77. The van der Waals surface area contributed by atoms with Crippen LogP contribution in [-0.2, 0) is 19.2 Å². The largest absolute Gasteiger partial charge is 0.478 e. The summed E-state index contributed by atoms with van der Waals surface area (Å²) in [5, 5.41) is 23.7. The van der Waals surface area contributed by atoms with E-state index in [4.69, 9.17) is 0 Å². The number of hydrogen-bond acceptors (Lipinski definition) is 4. The van der Waals surface area contributed by atoms with Gasteiger partial charge in [0, 0.05) is 16.7 Å². The molecule has 4 aromatic rings. The maximum atomic E-state index is 14.5. The molecule has 0 atom stereocenters. The highest BCUT2D eigenvalue weighted by atomic mass is 32.1. The van der Waals surface area contributed by atoms with Crippen LogP contribution in [0.4, 0.5) is 17.6 Å². The Morgan fingerprint density at radius 1 is 1.19 bits per heavy atom. The van der Waals surface area contributed by atoms with E-state index in [1.54, 1.807) is 12.1 Å². The Balaban J connectivity index is 1.82. The van der Waals surface area contributed by atoms with Crippen LogP contribution in [-0.4, -0.2) is 26.0 Å². The Labute approximate surface area is 183 Å². The van der Waals surface area contributed by atoms with Crippen molar-refractivity contribution in [3.05, 3.63) is 81.2 Å². The fourth-order valence-corrected chi connectivity index (χ4v) is 4.84. The average molecular weight is 464 g/mol. The molecule has 2 aromatic heterocycles. The highest BCUT2D eigenvalue weighted by Gasteiger charge is 2.30. The normalized spacial score (nSPS) is 11.9. The number of rotatable bonds is 5. The molecule has 0 saturated carbocycles. The first-order valence-electron chi connectivity index (χ1n) is 9.40. The fourth-order valence-electron chi connectivity index (χ4n) is 3.64. The van der Waals surface area contributed by atoms with Gasteiger partial charge in [0.15, 0.2) is 0 Å². The molecule has 32 heavy (non-hydrogen) atoms. The quantitative estimate of drug-likeness (QED) is 0.391. The number of nitrogens with zero attached hydrogens (tertiary/aromatic N) is 2. The van der Waals surface area contributed by atoms with Gasteiger partial charge in [0.25, 0.3) is 0 Å². The molecule has 0 aliphatic carbocycles. The number of aryl methyl sites for hydroxylation is 1. The van der Waals surface area contributed by atoms with Crippen LogP contribution in [0.25, 0.3) is 15.8 Å². The zero-order chi connectivity index (χ0) is 23.2. The molecule has 2 heterocycles. The minimum atomic E-state index is -4.46.